The van der Waals surface area contributed by atoms with Crippen LogP contribution in [-0.4, -0.2) is 16.6 Å². The fourth-order valence-corrected chi connectivity index (χ4v) is 4.25. The van der Waals surface area contributed by atoms with Gasteiger partial charge in [0.25, 0.3) is 0 Å². The fourth-order valence-electron chi connectivity index (χ4n) is 4.25. The molecule has 1 aromatic carbocycles. The van der Waals surface area contributed by atoms with Gasteiger partial charge in [-0.3, -0.25) is 0 Å². The van der Waals surface area contributed by atoms with Crippen LogP contribution in [0.15, 0.2) is 30.6 Å². The van der Waals surface area contributed by atoms with Gasteiger partial charge in [-0.2, -0.15) is 0 Å². The van der Waals surface area contributed by atoms with Gasteiger partial charge in [-0.15, -0.1) is 0 Å². The second kappa shape index (κ2) is 11.3. The van der Waals surface area contributed by atoms with Gasteiger partial charge < -0.3 is 4.74 Å². The Labute approximate surface area is 175 Å². The predicted molar refractivity (Wildman–Crippen MR) is 117 cm³/mol. The maximum Gasteiger partial charge on any atom is 0.165 e. The maximum absolute atomic E-state index is 14.3. The van der Waals surface area contributed by atoms with Crippen LogP contribution < -0.4 is 4.74 Å². The van der Waals surface area contributed by atoms with Crippen LogP contribution in [-0.2, 0) is 0 Å². The lowest BCUT2D eigenvalue weighted by Crippen LogP contribution is -2.14. The standard InChI is InChI=1S/C25H35FN2O/c1-3-5-7-8-19-9-11-20(12-10-19)22-17-27-25(28-18-22)21-13-14-24(23(26)16-21)29-15-6-4-2/h13-14,16-20H,3-12,15H2,1-2H3. The third-order valence-corrected chi connectivity index (χ3v) is 6.15. The third-order valence-electron chi connectivity index (χ3n) is 6.15. The molecule has 1 saturated carbocycles. The van der Waals surface area contributed by atoms with Crippen molar-refractivity contribution in [1.29, 1.82) is 0 Å². The fraction of sp³-hybridized carbons (Fsp3) is 0.600. The van der Waals surface area contributed by atoms with Crippen molar-refractivity contribution >= 4 is 0 Å². The number of nitrogens with zero attached hydrogens (tertiary/aromatic N) is 2. The number of hydrogen-bond donors (Lipinski definition) is 0. The highest BCUT2D eigenvalue weighted by molar-refractivity contribution is 5.56. The van der Waals surface area contributed by atoms with E-state index in [0.717, 1.165) is 18.8 Å². The second-order valence-electron chi connectivity index (χ2n) is 8.40. The molecule has 0 aliphatic heterocycles. The van der Waals surface area contributed by atoms with E-state index in [1.54, 1.807) is 6.07 Å². The summed E-state index contributed by atoms with van der Waals surface area (Å²) in [4.78, 5) is 9.06. The largest absolute Gasteiger partial charge is 0.491 e. The molecular formula is C25H35FN2O. The maximum atomic E-state index is 14.3. The van der Waals surface area contributed by atoms with Crippen LogP contribution in [0, 0.1) is 11.7 Å². The topological polar surface area (TPSA) is 35.0 Å². The van der Waals surface area contributed by atoms with Crippen molar-refractivity contribution < 1.29 is 9.13 Å². The van der Waals surface area contributed by atoms with Gasteiger partial charge >= 0.3 is 0 Å². The Morgan fingerprint density at radius 3 is 2.34 bits per heavy atom. The first-order valence-electron chi connectivity index (χ1n) is 11.5. The van der Waals surface area contributed by atoms with E-state index < -0.39 is 0 Å². The summed E-state index contributed by atoms with van der Waals surface area (Å²) >= 11 is 0. The Kier molecular flexibility index (Phi) is 8.45. The van der Waals surface area contributed by atoms with E-state index in [0.29, 0.717) is 29.7 Å². The first-order valence-corrected chi connectivity index (χ1v) is 11.5. The summed E-state index contributed by atoms with van der Waals surface area (Å²) in [6.07, 6.45) is 16.4. The molecule has 0 unspecified atom stereocenters. The molecule has 0 spiro atoms. The molecule has 1 aromatic heterocycles. The van der Waals surface area contributed by atoms with E-state index >= 15 is 0 Å². The van der Waals surface area contributed by atoms with Crippen molar-refractivity contribution in [2.75, 3.05) is 6.61 Å². The van der Waals surface area contributed by atoms with Gasteiger partial charge in [0.15, 0.2) is 17.4 Å². The van der Waals surface area contributed by atoms with E-state index in [4.69, 9.17) is 4.74 Å². The average Bonchev–Trinajstić information content (AvgIpc) is 2.76. The van der Waals surface area contributed by atoms with Gasteiger partial charge in [-0.05, 0) is 67.7 Å². The number of halogens is 1. The Hall–Kier alpha value is -1.97. The summed E-state index contributed by atoms with van der Waals surface area (Å²) < 4.78 is 19.8. The highest BCUT2D eigenvalue weighted by atomic mass is 19.1. The molecule has 2 aromatic rings. The number of ether oxygens (including phenoxy) is 1. The highest BCUT2D eigenvalue weighted by Crippen LogP contribution is 2.37. The average molecular weight is 399 g/mol. The smallest absolute Gasteiger partial charge is 0.165 e. The molecule has 29 heavy (non-hydrogen) atoms. The van der Waals surface area contributed by atoms with Crippen molar-refractivity contribution in [2.24, 2.45) is 5.92 Å². The molecular weight excluding hydrogens is 363 g/mol. The minimum Gasteiger partial charge on any atom is -0.491 e. The number of rotatable bonds is 10. The molecule has 3 rings (SSSR count). The minimum atomic E-state index is -0.354. The molecule has 1 heterocycles. The van der Waals surface area contributed by atoms with E-state index in [9.17, 15) is 4.39 Å². The lowest BCUT2D eigenvalue weighted by Gasteiger charge is -2.28. The van der Waals surface area contributed by atoms with Crippen molar-refractivity contribution in [3.8, 4) is 17.1 Å². The molecule has 4 heteroatoms. The van der Waals surface area contributed by atoms with Crippen molar-refractivity contribution in [2.45, 2.75) is 84.0 Å². The van der Waals surface area contributed by atoms with Crippen LogP contribution in [0.25, 0.3) is 11.4 Å². The molecule has 0 radical (unpaired) electrons. The Bertz CT molecular complexity index is 739. The van der Waals surface area contributed by atoms with Crippen LogP contribution in [0.5, 0.6) is 5.75 Å². The first kappa shape index (κ1) is 21.7. The van der Waals surface area contributed by atoms with Gasteiger partial charge in [-0.1, -0.05) is 46.0 Å². The molecule has 3 nitrogen and oxygen atoms in total. The summed E-state index contributed by atoms with van der Waals surface area (Å²) in [6, 6.07) is 4.98. The van der Waals surface area contributed by atoms with Crippen molar-refractivity contribution in [1.82, 2.24) is 9.97 Å². The van der Waals surface area contributed by atoms with E-state index in [2.05, 4.69) is 23.8 Å². The molecule has 0 bridgehead atoms. The summed E-state index contributed by atoms with van der Waals surface area (Å²) in [5.74, 6) is 1.99. The van der Waals surface area contributed by atoms with Crippen molar-refractivity contribution in [3.63, 3.8) is 0 Å². The van der Waals surface area contributed by atoms with Crippen LogP contribution in [0.2, 0.25) is 0 Å². The minimum absolute atomic E-state index is 0.300. The van der Waals surface area contributed by atoms with Gasteiger partial charge in [0, 0.05) is 18.0 Å². The van der Waals surface area contributed by atoms with Gasteiger partial charge in [0.05, 0.1) is 6.61 Å². The van der Waals surface area contributed by atoms with E-state index in [1.165, 1.54) is 63.0 Å². The lowest BCUT2D eigenvalue weighted by molar-refractivity contribution is 0.294. The molecule has 0 N–H and O–H groups in total. The zero-order valence-corrected chi connectivity index (χ0v) is 18.0. The van der Waals surface area contributed by atoms with Gasteiger partial charge in [0.2, 0.25) is 0 Å². The van der Waals surface area contributed by atoms with E-state index in [1.807, 2.05) is 18.5 Å². The predicted octanol–water partition coefficient (Wildman–Crippen LogP) is 7.32. The van der Waals surface area contributed by atoms with Crippen LogP contribution in [0.3, 0.4) is 0 Å². The number of hydrogen-bond acceptors (Lipinski definition) is 3. The summed E-state index contributed by atoms with van der Waals surface area (Å²) in [5, 5.41) is 0. The zero-order chi connectivity index (χ0) is 20.5. The molecule has 1 aliphatic carbocycles. The molecule has 1 fully saturated rings. The zero-order valence-electron chi connectivity index (χ0n) is 18.0. The molecule has 0 amide bonds. The molecule has 1 aliphatic rings. The van der Waals surface area contributed by atoms with Gasteiger partial charge in [0.1, 0.15) is 0 Å². The summed E-state index contributed by atoms with van der Waals surface area (Å²) in [5.41, 5.74) is 1.91. The number of benzene rings is 1. The first-order chi connectivity index (χ1) is 14.2. The Morgan fingerprint density at radius 1 is 0.966 bits per heavy atom. The summed E-state index contributed by atoms with van der Waals surface area (Å²) in [6.45, 7) is 4.90. The van der Waals surface area contributed by atoms with Crippen LogP contribution >= 0.6 is 0 Å². The Balaban J connectivity index is 1.56. The number of aromatic nitrogens is 2. The third kappa shape index (κ3) is 6.25. The van der Waals surface area contributed by atoms with Gasteiger partial charge in [-0.25, -0.2) is 14.4 Å². The normalized spacial score (nSPS) is 19.3. The Morgan fingerprint density at radius 2 is 1.69 bits per heavy atom. The van der Waals surface area contributed by atoms with Crippen LogP contribution in [0.1, 0.15) is 89.5 Å². The highest BCUT2D eigenvalue weighted by Gasteiger charge is 2.22. The SMILES string of the molecule is CCCCCC1CCC(c2cnc(-c3ccc(OCCCC)c(F)c3)nc2)CC1. The molecule has 0 atom stereocenters. The van der Waals surface area contributed by atoms with Crippen molar-refractivity contribution in [3.05, 3.63) is 42.0 Å². The van der Waals surface area contributed by atoms with E-state index in [-0.39, 0.29) is 5.82 Å². The quantitative estimate of drug-likeness (QED) is 0.393. The molecule has 158 valence electrons. The number of unbranched alkanes of at least 4 members (excludes halogenated alkanes) is 3. The lowest BCUT2D eigenvalue weighted by atomic mass is 9.77. The van der Waals surface area contributed by atoms with Crippen LogP contribution in [0.4, 0.5) is 4.39 Å². The summed E-state index contributed by atoms with van der Waals surface area (Å²) in [7, 11) is 0. The second-order valence-corrected chi connectivity index (χ2v) is 8.40. The molecule has 0 saturated heterocycles. The monoisotopic (exact) mass is 398 g/mol.